The van der Waals surface area contributed by atoms with Gasteiger partial charge in [0.05, 0.1) is 0 Å². The molecule has 0 spiro atoms. The molecule has 49 heavy (non-hydrogen) atoms. The number of carbonyl (C=O) groups excluding carboxylic acids is 4. The lowest BCUT2D eigenvalue weighted by atomic mass is 9.99. The highest BCUT2D eigenvalue weighted by molar-refractivity contribution is 5.90. The number of hydrogen-bond donors (Lipinski definition) is 0. The lowest BCUT2D eigenvalue weighted by Crippen LogP contribution is -2.11. The predicted molar refractivity (Wildman–Crippen MR) is 185 cm³/mol. The summed E-state index contributed by atoms with van der Waals surface area (Å²) in [6.07, 6.45) is 3.66. The summed E-state index contributed by atoms with van der Waals surface area (Å²) in [4.78, 5) is 47.6. The molecule has 0 bridgehead atoms. The van der Waals surface area contributed by atoms with Crippen molar-refractivity contribution in [2.24, 2.45) is 0 Å². The van der Waals surface area contributed by atoms with Crippen LogP contribution in [0.4, 0.5) is 0 Å². The van der Waals surface area contributed by atoms with Crippen LogP contribution in [-0.2, 0) is 36.8 Å². The maximum absolute atomic E-state index is 12.7. The van der Waals surface area contributed by atoms with E-state index >= 15 is 0 Å². The van der Waals surface area contributed by atoms with Gasteiger partial charge in [-0.15, -0.1) is 0 Å². The topological polar surface area (TPSA) is 114 Å². The van der Waals surface area contributed by atoms with Gasteiger partial charge in [0, 0.05) is 18.9 Å². The third-order valence-electron chi connectivity index (χ3n) is 7.38. The zero-order valence-corrected chi connectivity index (χ0v) is 27.6. The lowest BCUT2D eigenvalue weighted by molar-refractivity contribution is -0.144. The average Bonchev–Trinajstić information content (AvgIpc) is 3.11. The molecule has 0 aliphatic heterocycles. The van der Waals surface area contributed by atoms with E-state index in [4.69, 9.17) is 23.7 Å². The second kappa shape index (κ2) is 17.8. The number of ether oxygens (including phenoxy) is 5. The molecule has 0 aliphatic carbocycles. The smallest absolute Gasteiger partial charge is 0.333 e. The van der Waals surface area contributed by atoms with Crippen LogP contribution in [0.2, 0.25) is 0 Å². The molecule has 0 fully saturated rings. The van der Waals surface area contributed by atoms with Crippen molar-refractivity contribution in [2.75, 3.05) is 13.4 Å². The quantitative estimate of drug-likeness (QED) is 0.0499. The molecule has 252 valence electrons. The molecule has 0 atom stereocenters. The summed E-state index contributed by atoms with van der Waals surface area (Å²) in [6, 6.07) is 25.5. The molecule has 0 unspecified atom stereocenters. The van der Waals surface area contributed by atoms with Gasteiger partial charge in [-0.3, -0.25) is 14.4 Å². The molecule has 0 radical (unpaired) electrons. The van der Waals surface area contributed by atoms with E-state index in [0.717, 1.165) is 39.5 Å². The van der Waals surface area contributed by atoms with E-state index in [1.807, 2.05) is 62.4 Å². The molecule has 0 N–H and O–H groups in total. The SMILES string of the molecule is C=CC(=O)COc1ccc(CCC(=O)Oc2c(C)cc(-c3ccc(OC(=O)CCc4ccc(OCOC(=O)C=C)cc4)cc3)cc2C)cc1. The number of ketones is 1. The van der Waals surface area contributed by atoms with Crippen LogP contribution in [0.25, 0.3) is 11.1 Å². The highest BCUT2D eigenvalue weighted by Crippen LogP contribution is 2.31. The molecule has 0 aliphatic rings. The van der Waals surface area contributed by atoms with Gasteiger partial charge in [-0.25, -0.2) is 4.79 Å². The van der Waals surface area contributed by atoms with Crippen molar-refractivity contribution in [3.63, 3.8) is 0 Å². The van der Waals surface area contributed by atoms with Crippen LogP contribution in [0.5, 0.6) is 23.0 Å². The van der Waals surface area contributed by atoms with Gasteiger partial charge in [0.15, 0.2) is 12.4 Å². The Balaban J connectivity index is 1.24. The summed E-state index contributed by atoms with van der Waals surface area (Å²) in [6.45, 7) is 10.3. The van der Waals surface area contributed by atoms with Gasteiger partial charge in [-0.2, -0.15) is 0 Å². The van der Waals surface area contributed by atoms with E-state index < -0.39 is 5.97 Å². The maximum atomic E-state index is 12.7. The Hall–Kier alpha value is -5.96. The molecular weight excluding hydrogens is 624 g/mol. The highest BCUT2D eigenvalue weighted by Gasteiger charge is 2.14. The Bertz CT molecular complexity index is 1760. The van der Waals surface area contributed by atoms with Gasteiger partial charge in [0.25, 0.3) is 0 Å². The number of aryl methyl sites for hydroxylation is 4. The van der Waals surface area contributed by atoms with Gasteiger partial charge >= 0.3 is 17.9 Å². The Kier molecular flexibility index (Phi) is 13.0. The van der Waals surface area contributed by atoms with Crippen molar-refractivity contribution in [3.8, 4) is 34.1 Å². The van der Waals surface area contributed by atoms with Crippen molar-refractivity contribution >= 4 is 23.7 Å². The van der Waals surface area contributed by atoms with E-state index in [0.29, 0.717) is 35.8 Å². The minimum atomic E-state index is -0.565. The van der Waals surface area contributed by atoms with Crippen molar-refractivity contribution < 1.29 is 42.9 Å². The van der Waals surface area contributed by atoms with Crippen LogP contribution < -0.4 is 18.9 Å². The normalized spacial score (nSPS) is 10.4. The fraction of sp³-hybridized carbons (Fsp3) is 0.200. The van der Waals surface area contributed by atoms with Crippen molar-refractivity contribution in [1.29, 1.82) is 0 Å². The van der Waals surface area contributed by atoms with Crippen molar-refractivity contribution in [3.05, 3.63) is 132 Å². The van der Waals surface area contributed by atoms with Gasteiger partial charge in [-0.05, 0) is 115 Å². The average molecular weight is 663 g/mol. The highest BCUT2D eigenvalue weighted by atomic mass is 16.7. The largest absolute Gasteiger partial charge is 0.485 e. The van der Waals surface area contributed by atoms with E-state index in [-0.39, 0.29) is 44.0 Å². The first-order chi connectivity index (χ1) is 23.6. The zero-order chi connectivity index (χ0) is 35.2. The third kappa shape index (κ3) is 11.4. The van der Waals surface area contributed by atoms with Crippen LogP contribution in [0.1, 0.15) is 35.1 Å². The third-order valence-corrected chi connectivity index (χ3v) is 7.38. The van der Waals surface area contributed by atoms with Crippen LogP contribution in [-0.4, -0.2) is 37.1 Å². The van der Waals surface area contributed by atoms with Crippen LogP contribution in [0.3, 0.4) is 0 Å². The fourth-order valence-corrected chi connectivity index (χ4v) is 4.77. The standard InChI is InChI=1S/C40H38O9/c1-5-33(41)25-45-34-15-7-29(8-16-34)12-22-39(44)49-40-27(3)23-32(24-28(40)4)31-13-19-36(20-14-31)48-38(43)21-11-30-9-17-35(18-10-30)46-26-47-37(42)6-2/h5-10,13-20,23-24H,1-2,11-12,21-22,25-26H2,3-4H3. The minimum absolute atomic E-state index is 0.0651. The number of rotatable bonds is 17. The van der Waals surface area contributed by atoms with Gasteiger partial charge in [0.1, 0.15) is 23.0 Å². The number of esters is 3. The van der Waals surface area contributed by atoms with Gasteiger partial charge in [-0.1, -0.05) is 49.6 Å². The predicted octanol–water partition coefficient (Wildman–Crippen LogP) is 7.25. The summed E-state index contributed by atoms with van der Waals surface area (Å²) < 4.78 is 26.8. The van der Waals surface area contributed by atoms with Crippen molar-refractivity contribution in [1.82, 2.24) is 0 Å². The Morgan fingerprint density at radius 3 is 1.65 bits per heavy atom. The molecule has 0 saturated carbocycles. The molecule has 4 aromatic rings. The van der Waals surface area contributed by atoms with E-state index in [1.54, 1.807) is 36.4 Å². The summed E-state index contributed by atoms with van der Waals surface area (Å²) in [5.74, 6) is 0.619. The first-order valence-electron chi connectivity index (χ1n) is 15.6. The first-order valence-corrected chi connectivity index (χ1v) is 15.6. The van der Waals surface area contributed by atoms with E-state index in [2.05, 4.69) is 13.2 Å². The molecule has 4 rings (SSSR count). The second-order valence-corrected chi connectivity index (χ2v) is 11.1. The molecule has 4 aromatic carbocycles. The minimum Gasteiger partial charge on any atom is -0.485 e. The molecule has 0 amide bonds. The second-order valence-electron chi connectivity index (χ2n) is 11.1. The van der Waals surface area contributed by atoms with E-state index in [9.17, 15) is 19.2 Å². The maximum Gasteiger partial charge on any atom is 0.333 e. The number of hydrogen-bond acceptors (Lipinski definition) is 9. The molecule has 9 heteroatoms. The first kappa shape index (κ1) is 35.9. The van der Waals surface area contributed by atoms with Crippen LogP contribution in [0, 0.1) is 13.8 Å². The molecule has 0 heterocycles. The lowest BCUT2D eigenvalue weighted by Gasteiger charge is -2.14. The molecular formula is C40H38O9. The fourth-order valence-electron chi connectivity index (χ4n) is 4.77. The van der Waals surface area contributed by atoms with Gasteiger partial charge < -0.3 is 23.7 Å². The summed E-state index contributed by atoms with van der Waals surface area (Å²) in [5.41, 5.74) is 5.39. The molecule has 0 saturated heterocycles. The number of carbonyl (C=O) groups is 4. The molecule has 9 nitrogen and oxygen atoms in total. The number of benzene rings is 4. The summed E-state index contributed by atoms with van der Waals surface area (Å²) in [7, 11) is 0. The Morgan fingerprint density at radius 2 is 1.12 bits per heavy atom. The van der Waals surface area contributed by atoms with Gasteiger partial charge in [0.2, 0.25) is 6.79 Å². The Morgan fingerprint density at radius 1 is 0.612 bits per heavy atom. The summed E-state index contributed by atoms with van der Waals surface area (Å²) in [5, 5.41) is 0. The summed E-state index contributed by atoms with van der Waals surface area (Å²) >= 11 is 0. The van der Waals surface area contributed by atoms with E-state index in [1.165, 1.54) is 6.08 Å². The van der Waals surface area contributed by atoms with Crippen molar-refractivity contribution in [2.45, 2.75) is 39.5 Å². The Labute approximate surface area is 285 Å². The molecule has 0 aromatic heterocycles. The monoisotopic (exact) mass is 662 g/mol. The zero-order valence-electron chi connectivity index (χ0n) is 27.6. The van der Waals surface area contributed by atoms with Crippen LogP contribution >= 0.6 is 0 Å². The van der Waals surface area contributed by atoms with Crippen LogP contribution in [0.15, 0.2) is 110 Å².